The number of rotatable bonds is 8. The lowest BCUT2D eigenvalue weighted by Crippen LogP contribution is -2.24. The fourth-order valence-corrected chi connectivity index (χ4v) is 2.79. The zero-order valence-corrected chi connectivity index (χ0v) is 15.5. The highest BCUT2D eigenvalue weighted by molar-refractivity contribution is 5.92. The summed E-state index contributed by atoms with van der Waals surface area (Å²) in [6.07, 6.45) is 0.899. The number of para-hydroxylation sites is 1. The molecule has 1 unspecified atom stereocenters. The fourth-order valence-electron chi connectivity index (χ4n) is 2.79. The molecule has 3 rings (SSSR count). The lowest BCUT2D eigenvalue weighted by molar-refractivity contribution is -0.119. The molecule has 0 aromatic heterocycles. The molecule has 1 atom stereocenters. The topological polar surface area (TPSA) is 59.6 Å². The number of anilines is 1. The summed E-state index contributed by atoms with van der Waals surface area (Å²) in [6, 6.07) is 17.5. The van der Waals surface area contributed by atoms with Gasteiger partial charge in [-0.25, -0.2) is 0 Å². The Hall–Kier alpha value is -2.08. The first-order valence-corrected chi connectivity index (χ1v) is 8.67. The predicted octanol–water partition coefficient (Wildman–Crippen LogP) is 3.25. The van der Waals surface area contributed by atoms with E-state index < -0.39 is 0 Å². The van der Waals surface area contributed by atoms with Crippen molar-refractivity contribution in [1.82, 2.24) is 5.32 Å². The number of hydrogen-bond acceptors (Lipinski definition) is 4. The fraction of sp³-hybridized carbons (Fsp3) is 0.350. The summed E-state index contributed by atoms with van der Waals surface area (Å²) in [7, 11) is 0. The van der Waals surface area contributed by atoms with Crippen LogP contribution in [0.1, 0.15) is 12.0 Å². The van der Waals surface area contributed by atoms with Gasteiger partial charge in [-0.2, -0.15) is 0 Å². The lowest BCUT2D eigenvalue weighted by Gasteiger charge is -2.11. The maximum absolute atomic E-state index is 12.2. The molecule has 2 aromatic rings. The van der Waals surface area contributed by atoms with Crippen LogP contribution in [0.3, 0.4) is 0 Å². The van der Waals surface area contributed by atoms with Gasteiger partial charge in [0, 0.05) is 12.2 Å². The highest BCUT2D eigenvalue weighted by atomic mass is 35.5. The molecular formula is C20H25ClN2O3. The van der Waals surface area contributed by atoms with Crippen molar-refractivity contribution >= 4 is 24.0 Å². The van der Waals surface area contributed by atoms with Crippen molar-refractivity contribution in [2.45, 2.75) is 13.0 Å². The molecule has 0 bridgehead atoms. The van der Waals surface area contributed by atoms with Gasteiger partial charge in [-0.3, -0.25) is 4.79 Å². The van der Waals surface area contributed by atoms with E-state index in [1.54, 1.807) is 0 Å². The third-order valence-corrected chi connectivity index (χ3v) is 4.13. The molecule has 1 amide bonds. The van der Waals surface area contributed by atoms with E-state index in [2.05, 4.69) is 10.6 Å². The number of nitrogens with one attached hydrogen (secondary N) is 2. The van der Waals surface area contributed by atoms with Crippen LogP contribution in [0.5, 0.6) is 5.75 Å². The molecule has 2 N–H and O–H groups in total. The Labute approximate surface area is 160 Å². The van der Waals surface area contributed by atoms with Crippen LogP contribution < -0.4 is 15.4 Å². The second kappa shape index (κ2) is 10.8. The van der Waals surface area contributed by atoms with Gasteiger partial charge in [0.05, 0.1) is 19.1 Å². The third kappa shape index (κ3) is 6.33. The summed E-state index contributed by atoms with van der Waals surface area (Å²) in [5.41, 5.74) is 1.85. The Bertz CT molecular complexity index is 676. The minimum absolute atomic E-state index is 0. The molecule has 0 spiro atoms. The second-order valence-corrected chi connectivity index (χ2v) is 6.09. The van der Waals surface area contributed by atoms with Crippen molar-refractivity contribution in [2.75, 3.05) is 31.6 Å². The number of amides is 1. The van der Waals surface area contributed by atoms with E-state index in [0.29, 0.717) is 19.8 Å². The van der Waals surface area contributed by atoms with Gasteiger partial charge >= 0.3 is 0 Å². The molecule has 1 aliphatic rings. The minimum Gasteiger partial charge on any atom is -0.491 e. The van der Waals surface area contributed by atoms with Crippen molar-refractivity contribution in [3.63, 3.8) is 0 Å². The number of carbonyl (C=O) groups is 1. The zero-order chi connectivity index (χ0) is 17.3. The summed E-state index contributed by atoms with van der Waals surface area (Å²) in [6.45, 7) is 3.19. The van der Waals surface area contributed by atoms with Gasteiger partial charge in [0.15, 0.2) is 0 Å². The van der Waals surface area contributed by atoms with Crippen molar-refractivity contribution in [2.24, 2.45) is 5.92 Å². The van der Waals surface area contributed by atoms with Gasteiger partial charge in [-0.1, -0.05) is 30.3 Å². The Balaban J connectivity index is 0.00000243. The average molecular weight is 377 g/mol. The van der Waals surface area contributed by atoms with Gasteiger partial charge in [0.1, 0.15) is 12.4 Å². The summed E-state index contributed by atoms with van der Waals surface area (Å²) in [5, 5.41) is 6.20. The van der Waals surface area contributed by atoms with Crippen molar-refractivity contribution in [1.29, 1.82) is 0 Å². The van der Waals surface area contributed by atoms with Crippen molar-refractivity contribution in [3.8, 4) is 5.75 Å². The van der Waals surface area contributed by atoms with Crippen LogP contribution in [0.15, 0.2) is 54.6 Å². The first-order valence-electron chi connectivity index (χ1n) is 8.67. The van der Waals surface area contributed by atoms with Crippen LogP contribution in [0, 0.1) is 5.92 Å². The molecule has 1 heterocycles. The summed E-state index contributed by atoms with van der Waals surface area (Å²) >= 11 is 0. The lowest BCUT2D eigenvalue weighted by atomic mass is 10.1. The van der Waals surface area contributed by atoms with Crippen LogP contribution >= 0.6 is 12.4 Å². The number of hydrogen-bond donors (Lipinski definition) is 2. The van der Waals surface area contributed by atoms with E-state index in [1.165, 1.54) is 0 Å². The quantitative estimate of drug-likeness (QED) is 0.694. The molecule has 26 heavy (non-hydrogen) atoms. The van der Waals surface area contributed by atoms with Crippen molar-refractivity contribution in [3.05, 3.63) is 60.2 Å². The normalized spacial score (nSPS) is 15.9. The maximum atomic E-state index is 12.2. The molecule has 0 radical (unpaired) electrons. The highest BCUT2D eigenvalue weighted by Crippen LogP contribution is 2.15. The first-order chi connectivity index (χ1) is 12.3. The Morgan fingerprint density at radius 1 is 1.12 bits per heavy atom. The Morgan fingerprint density at radius 3 is 2.73 bits per heavy atom. The molecule has 5 nitrogen and oxygen atoms in total. The van der Waals surface area contributed by atoms with Crippen LogP contribution in [-0.4, -0.2) is 32.2 Å². The number of benzene rings is 2. The van der Waals surface area contributed by atoms with Crippen LogP contribution in [0.25, 0.3) is 0 Å². The van der Waals surface area contributed by atoms with Gasteiger partial charge in [0.2, 0.25) is 5.91 Å². The highest BCUT2D eigenvalue weighted by Gasteiger charge is 2.22. The number of ether oxygens (including phenoxy) is 2. The second-order valence-electron chi connectivity index (χ2n) is 6.09. The molecule has 1 fully saturated rings. The number of halogens is 1. The molecule has 0 saturated carbocycles. The Kier molecular flexibility index (Phi) is 8.41. The summed E-state index contributed by atoms with van der Waals surface area (Å²) in [4.78, 5) is 12.2. The van der Waals surface area contributed by atoms with Crippen LogP contribution in [0.4, 0.5) is 5.69 Å². The average Bonchev–Trinajstić information content (AvgIpc) is 3.17. The Morgan fingerprint density at radius 2 is 1.96 bits per heavy atom. The largest absolute Gasteiger partial charge is 0.491 e. The zero-order valence-electron chi connectivity index (χ0n) is 14.6. The molecule has 2 aromatic carbocycles. The van der Waals surface area contributed by atoms with Crippen LogP contribution in [-0.2, 0) is 16.1 Å². The molecule has 1 aliphatic heterocycles. The third-order valence-electron chi connectivity index (χ3n) is 4.13. The molecule has 140 valence electrons. The van der Waals surface area contributed by atoms with Gasteiger partial charge in [-0.15, -0.1) is 12.4 Å². The first kappa shape index (κ1) is 20.2. The maximum Gasteiger partial charge on any atom is 0.228 e. The van der Waals surface area contributed by atoms with Crippen molar-refractivity contribution < 1.29 is 14.3 Å². The van der Waals surface area contributed by atoms with E-state index in [1.807, 2.05) is 54.6 Å². The summed E-state index contributed by atoms with van der Waals surface area (Å²) < 4.78 is 11.2. The van der Waals surface area contributed by atoms with E-state index in [4.69, 9.17) is 9.47 Å². The monoisotopic (exact) mass is 376 g/mol. The van der Waals surface area contributed by atoms with E-state index in [-0.39, 0.29) is 24.2 Å². The SMILES string of the molecule is Cl.O=C(Nc1cccc(COCCOc2ccccc2)c1)C1CCNC1. The molecule has 1 saturated heterocycles. The smallest absolute Gasteiger partial charge is 0.228 e. The van der Waals surface area contributed by atoms with E-state index >= 15 is 0 Å². The van der Waals surface area contributed by atoms with Gasteiger partial charge < -0.3 is 20.1 Å². The standard InChI is InChI=1S/C20H24N2O3.ClH/c23-20(17-9-10-21-14-17)22-18-6-4-5-16(13-18)15-24-11-12-25-19-7-2-1-3-8-19;/h1-8,13,17,21H,9-12,14-15H2,(H,22,23);1H. The van der Waals surface area contributed by atoms with E-state index in [0.717, 1.165) is 36.5 Å². The summed E-state index contributed by atoms with van der Waals surface area (Å²) in [5.74, 6) is 0.992. The molecular weight excluding hydrogens is 352 g/mol. The predicted molar refractivity (Wildman–Crippen MR) is 105 cm³/mol. The van der Waals surface area contributed by atoms with Gasteiger partial charge in [-0.05, 0) is 42.8 Å². The molecule has 0 aliphatic carbocycles. The van der Waals surface area contributed by atoms with Crippen LogP contribution in [0.2, 0.25) is 0 Å². The van der Waals surface area contributed by atoms with Gasteiger partial charge in [0.25, 0.3) is 0 Å². The number of carbonyl (C=O) groups excluding carboxylic acids is 1. The van der Waals surface area contributed by atoms with E-state index in [9.17, 15) is 4.79 Å². The molecule has 6 heteroatoms. The minimum atomic E-state index is 0.